The van der Waals surface area contributed by atoms with Gasteiger partial charge >= 0.3 is 23.9 Å². The fourth-order valence-electron chi connectivity index (χ4n) is 7.88. The molecule has 6 aromatic rings. The summed E-state index contributed by atoms with van der Waals surface area (Å²) in [4.78, 5) is 59.8. The number of carboxylic acids is 1. The van der Waals surface area contributed by atoms with Crippen molar-refractivity contribution in [2.75, 3.05) is 6.61 Å². The number of ether oxygens (including phenoxy) is 5. The van der Waals surface area contributed by atoms with Crippen molar-refractivity contribution in [1.82, 2.24) is 9.97 Å². The molecule has 3 heterocycles. The number of hydrogen-bond acceptors (Lipinski definition) is 9. The lowest BCUT2D eigenvalue weighted by molar-refractivity contribution is -0.261. The van der Waals surface area contributed by atoms with E-state index >= 15 is 0 Å². The van der Waals surface area contributed by atoms with E-state index in [1.54, 1.807) is 13.0 Å². The Kier molecular flexibility index (Phi) is 11.6. The molecular formula is C47H44N2O10. The van der Waals surface area contributed by atoms with Gasteiger partial charge in [0.05, 0.1) is 6.61 Å². The van der Waals surface area contributed by atoms with Crippen LogP contribution in [0.3, 0.4) is 0 Å². The van der Waals surface area contributed by atoms with Crippen LogP contribution in [0.2, 0.25) is 0 Å². The van der Waals surface area contributed by atoms with Crippen molar-refractivity contribution < 1.29 is 48.0 Å². The van der Waals surface area contributed by atoms with Crippen LogP contribution in [-0.4, -0.2) is 70.2 Å². The van der Waals surface area contributed by atoms with Gasteiger partial charge in [-0.3, -0.25) is 14.4 Å². The molecule has 1 fully saturated rings. The predicted molar refractivity (Wildman–Crippen MR) is 219 cm³/mol. The van der Waals surface area contributed by atoms with Gasteiger partial charge in [0, 0.05) is 53.5 Å². The normalized spacial score (nSPS) is 18.6. The van der Waals surface area contributed by atoms with Gasteiger partial charge in [-0.15, -0.1) is 0 Å². The Morgan fingerprint density at radius 1 is 0.712 bits per heavy atom. The van der Waals surface area contributed by atoms with Gasteiger partial charge in [0.1, 0.15) is 11.3 Å². The zero-order valence-electron chi connectivity index (χ0n) is 32.5. The number of hydrogen-bond donors (Lipinski definition) is 3. The first-order valence-electron chi connectivity index (χ1n) is 19.8. The van der Waals surface area contributed by atoms with Gasteiger partial charge in [0.2, 0.25) is 12.4 Å². The number of allylic oxidation sites excluding steroid dienone is 2. The first kappa shape index (κ1) is 39.2. The summed E-state index contributed by atoms with van der Waals surface area (Å²) in [6.45, 7) is 1.46. The van der Waals surface area contributed by atoms with Gasteiger partial charge in [-0.1, -0.05) is 78.4 Å². The zero-order chi connectivity index (χ0) is 40.9. The Balaban J connectivity index is 1.05. The summed E-state index contributed by atoms with van der Waals surface area (Å²) in [7, 11) is 0. The highest BCUT2D eigenvalue weighted by Crippen LogP contribution is 2.33. The summed E-state index contributed by atoms with van der Waals surface area (Å²) in [6, 6.07) is 28.1. The maximum atomic E-state index is 13.8. The van der Waals surface area contributed by atoms with E-state index in [9.17, 15) is 24.3 Å². The number of para-hydroxylation sites is 2. The molecule has 0 amide bonds. The van der Waals surface area contributed by atoms with Gasteiger partial charge in [-0.2, -0.15) is 0 Å². The van der Waals surface area contributed by atoms with Crippen LogP contribution < -0.4 is 4.74 Å². The number of esters is 3. The molecule has 8 rings (SSSR count). The molecule has 59 heavy (non-hydrogen) atoms. The molecule has 4 atom stereocenters. The molecule has 2 aliphatic rings. The van der Waals surface area contributed by atoms with Gasteiger partial charge in [0.15, 0.2) is 12.2 Å². The summed E-state index contributed by atoms with van der Waals surface area (Å²) in [5.74, 6) is -3.12. The molecule has 302 valence electrons. The van der Waals surface area contributed by atoms with Crippen molar-refractivity contribution in [3.05, 3.63) is 143 Å². The number of rotatable bonds is 15. The average molecular weight is 797 g/mol. The van der Waals surface area contributed by atoms with E-state index in [1.807, 2.05) is 79.1 Å². The van der Waals surface area contributed by atoms with E-state index in [1.165, 1.54) is 17.7 Å². The smallest absolute Gasteiger partial charge is 0.339 e. The van der Waals surface area contributed by atoms with Gasteiger partial charge in [-0.25, -0.2) is 4.79 Å². The van der Waals surface area contributed by atoms with Crippen LogP contribution in [0.1, 0.15) is 63.9 Å². The molecule has 2 aromatic heterocycles. The lowest BCUT2D eigenvalue weighted by Gasteiger charge is -2.40. The lowest BCUT2D eigenvalue weighted by atomic mass is 10.0. The van der Waals surface area contributed by atoms with Gasteiger partial charge in [-0.05, 0) is 84.7 Å². The number of carbonyl (C=O) groups is 4. The molecular weight excluding hydrogens is 753 g/mol. The van der Waals surface area contributed by atoms with E-state index in [4.69, 9.17) is 23.7 Å². The third-order valence-electron chi connectivity index (χ3n) is 10.9. The summed E-state index contributed by atoms with van der Waals surface area (Å²) < 4.78 is 30.5. The van der Waals surface area contributed by atoms with Crippen molar-refractivity contribution in [3.8, 4) is 5.75 Å². The Hall–Kier alpha value is -6.66. The molecule has 4 aromatic carbocycles. The van der Waals surface area contributed by atoms with Crippen LogP contribution in [0.25, 0.3) is 27.4 Å². The molecule has 3 N–H and O–H groups in total. The quantitative estimate of drug-likeness (QED) is 0.0689. The second kappa shape index (κ2) is 17.5. The number of aromatic amines is 2. The van der Waals surface area contributed by atoms with Crippen LogP contribution in [-0.2, 0) is 52.6 Å². The van der Waals surface area contributed by atoms with Gasteiger partial charge in [0.25, 0.3) is 0 Å². The second-order valence-corrected chi connectivity index (χ2v) is 14.9. The van der Waals surface area contributed by atoms with Crippen LogP contribution in [0.4, 0.5) is 0 Å². The molecule has 1 saturated heterocycles. The number of H-pyrrole nitrogens is 2. The maximum absolute atomic E-state index is 13.8. The highest BCUT2D eigenvalue weighted by atomic mass is 16.7. The molecule has 1 aliphatic carbocycles. The van der Waals surface area contributed by atoms with Crippen molar-refractivity contribution >= 4 is 51.3 Å². The number of nitrogens with one attached hydrogen (secondary N) is 2. The monoisotopic (exact) mass is 796 g/mol. The van der Waals surface area contributed by atoms with Crippen molar-refractivity contribution in [1.29, 1.82) is 0 Å². The first-order chi connectivity index (χ1) is 28.7. The maximum Gasteiger partial charge on any atom is 0.339 e. The third-order valence-corrected chi connectivity index (χ3v) is 10.9. The van der Waals surface area contributed by atoms with E-state index in [0.29, 0.717) is 24.8 Å². The Morgan fingerprint density at radius 3 is 1.98 bits per heavy atom. The first-order valence-corrected chi connectivity index (χ1v) is 19.8. The van der Waals surface area contributed by atoms with Gasteiger partial charge < -0.3 is 38.8 Å². The topological polar surface area (TPSA) is 166 Å². The van der Waals surface area contributed by atoms with E-state index in [0.717, 1.165) is 50.5 Å². The summed E-state index contributed by atoms with van der Waals surface area (Å²) in [5, 5.41) is 12.0. The minimum Gasteiger partial charge on any atom is -0.478 e. The van der Waals surface area contributed by atoms with Crippen LogP contribution >= 0.6 is 0 Å². The Labute approximate surface area is 340 Å². The number of carbonyl (C=O) groups excluding carboxylic acids is 3. The van der Waals surface area contributed by atoms with E-state index < -0.39 is 48.5 Å². The van der Waals surface area contributed by atoms with E-state index in [-0.39, 0.29) is 37.2 Å². The molecule has 0 unspecified atom stereocenters. The van der Waals surface area contributed by atoms with Crippen molar-refractivity contribution in [3.63, 3.8) is 0 Å². The highest BCUT2D eigenvalue weighted by molar-refractivity contribution is 5.91. The van der Waals surface area contributed by atoms with Crippen LogP contribution in [0.5, 0.6) is 5.75 Å². The molecule has 0 saturated carbocycles. The highest BCUT2D eigenvalue weighted by Gasteiger charge is 2.49. The number of fused-ring (bicyclic) bond motifs is 3. The summed E-state index contributed by atoms with van der Waals surface area (Å²) in [6.07, 6.45) is 2.17. The Morgan fingerprint density at radius 2 is 1.31 bits per heavy atom. The molecule has 12 heteroatoms. The molecule has 0 spiro atoms. The second-order valence-electron chi connectivity index (χ2n) is 14.9. The summed E-state index contributed by atoms with van der Waals surface area (Å²) >= 11 is 0. The van der Waals surface area contributed by atoms with Crippen molar-refractivity contribution in [2.24, 2.45) is 0 Å². The van der Waals surface area contributed by atoms with Crippen LogP contribution in [0, 0.1) is 6.92 Å². The zero-order valence-corrected chi connectivity index (χ0v) is 32.5. The minimum atomic E-state index is -1.46. The number of carboxylic acid groups (broad SMARTS) is 1. The third kappa shape index (κ3) is 8.92. The summed E-state index contributed by atoms with van der Waals surface area (Å²) in [5.41, 5.74) is 7.56. The lowest BCUT2D eigenvalue weighted by Crippen LogP contribution is -2.59. The number of aryl methyl sites for hydroxylation is 3. The van der Waals surface area contributed by atoms with Crippen LogP contribution in [0.15, 0.2) is 109 Å². The van der Waals surface area contributed by atoms with Crippen molar-refractivity contribution in [2.45, 2.75) is 76.5 Å². The molecule has 0 radical (unpaired) electrons. The number of aromatic carboxylic acids is 1. The van der Waals surface area contributed by atoms with E-state index in [2.05, 4.69) is 22.1 Å². The SMILES string of the molecule is Cc1ccc(O[C@@H]2OC[C@@H](OC(=O)CCC3=CCc4ccccc43)[C@H](OC(=O)CCc3c[nH]c4ccccc34)[C@H]2OC(=O)CCc2c[nH]c3ccccc23)c(C(=O)O)c1. The molecule has 12 nitrogen and oxygen atoms in total. The number of benzene rings is 4. The standard InChI is InChI=1S/C47H44N2O10/c1-28-14-20-39(36(24-28)46(53)54)57-47-45(59-43(52)23-19-32-26-49-38-13-7-5-11-35(32)38)44(58-42(51)22-18-31-25-48-37-12-6-4-10-34(31)37)40(27-55-47)56-41(50)21-17-30-16-15-29-8-2-3-9-33(29)30/h2-14,16,20,24-26,40,44-45,47-49H,15,17-19,21-23,27H2,1H3,(H,53,54)/t40-,44+,45-,47+/m1/s1. The average Bonchev–Trinajstić information content (AvgIpc) is 3.98. The molecule has 0 bridgehead atoms. The Bertz CT molecular complexity index is 2550. The fraction of sp³-hybridized carbons (Fsp3) is 0.277. The number of aromatic nitrogens is 2. The fourth-order valence-corrected chi connectivity index (χ4v) is 7.88. The minimum absolute atomic E-state index is 0.0399. The predicted octanol–water partition coefficient (Wildman–Crippen LogP) is 7.81. The molecule has 1 aliphatic heterocycles. The largest absolute Gasteiger partial charge is 0.478 e.